The van der Waals surface area contributed by atoms with E-state index < -0.39 is 5.97 Å². The van der Waals surface area contributed by atoms with Gasteiger partial charge in [0.2, 0.25) is 0 Å². The molecule has 0 aliphatic rings. The molecule has 2 aromatic carbocycles. The third-order valence-electron chi connectivity index (χ3n) is 3.54. The zero-order chi connectivity index (χ0) is 16.7. The summed E-state index contributed by atoms with van der Waals surface area (Å²) < 4.78 is 12.9. The largest absolute Gasteiger partial charge is 0.478 e. The van der Waals surface area contributed by atoms with Crippen LogP contribution in [0.15, 0.2) is 48.5 Å². The summed E-state index contributed by atoms with van der Waals surface area (Å²) in [5.74, 6) is -1.13. The summed E-state index contributed by atoms with van der Waals surface area (Å²) in [5, 5.41) is 12.3. The Hall–Kier alpha value is -2.24. The summed E-state index contributed by atoms with van der Waals surface area (Å²) in [4.78, 5) is 13.1. The molecule has 0 spiro atoms. The lowest BCUT2D eigenvalue weighted by molar-refractivity contribution is 0.0696. The Labute approximate surface area is 135 Å². The Morgan fingerprint density at radius 2 is 1.91 bits per heavy atom. The highest BCUT2D eigenvalue weighted by atomic mass is 19.1. The lowest BCUT2D eigenvalue weighted by Crippen LogP contribution is -2.28. The topological polar surface area (TPSA) is 52.6 Å². The first-order chi connectivity index (χ1) is 11.0. The van der Waals surface area contributed by atoms with Crippen LogP contribution in [0.2, 0.25) is 0 Å². The lowest BCUT2D eigenvalue weighted by Gasteiger charge is -2.17. The van der Waals surface area contributed by atoms with Gasteiger partial charge < -0.3 is 15.3 Å². The molecule has 0 aliphatic heterocycles. The number of hydrogen-bond acceptors (Lipinski definition) is 3. The highest BCUT2D eigenvalue weighted by Gasteiger charge is 2.04. The average molecular weight is 316 g/mol. The molecule has 0 bridgehead atoms. The molecule has 23 heavy (non-hydrogen) atoms. The third-order valence-corrected chi connectivity index (χ3v) is 3.54. The summed E-state index contributed by atoms with van der Waals surface area (Å²) in [6.07, 6.45) is 0. The summed E-state index contributed by atoms with van der Waals surface area (Å²) in [7, 11) is 2.01. The molecule has 0 saturated carbocycles. The van der Waals surface area contributed by atoms with Crippen LogP contribution in [0.1, 0.15) is 21.5 Å². The highest BCUT2D eigenvalue weighted by molar-refractivity contribution is 5.87. The van der Waals surface area contributed by atoms with Gasteiger partial charge in [-0.05, 0) is 42.4 Å². The van der Waals surface area contributed by atoms with Crippen LogP contribution in [-0.4, -0.2) is 36.1 Å². The Morgan fingerprint density at radius 3 is 2.61 bits per heavy atom. The van der Waals surface area contributed by atoms with Gasteiger partial charge in [0.15, 0.2) is 0 Å². The fourth-order valence-corrected chi connectivity index (χ4v) is 2.30. The third kappa shape index (κ3) is 5.81. The number of likely N-dealkylation sites (N-methyl/N-ethyl adjacent to an activating group) is 1. The molecule has 0 amide bonds. The van der Waals surface area contributed by atoms with Gasteiger partial charge in [-0.3, -0.25) is 0 Å². The number of carbonyl (C=O) groups is 1. The van der Waals surface area contributed by atoms with Gasteiger partial charge in [0, 0.05) is 26.2 Å². The van der Waals surface area contributed by atoms with Gasteiger partial charge in [-0.25, -0.2) is 9.18 Å². The van der Waals surface area contributed by atoms with Crippen molar-refractivity contribution in [3.05, 3.63) is 71.0 Å². The van der Waals surface area contributed by atoms with Crippen LogP contribution in [-0.2, 0) is 13.1 Å². The average Bonchev–Trinajstić information content (AvgIpc) is 2.54. The summed E-state index contributed by atoms with van der Waals surface area (Å²) >= 11 is 0. The number of carboxylic acid groups (broad SMARTS) is 1. The van der Waals surface area contributed by atoms with Gasteiger partial charge in [0.1, 0.15) is 5.82 Å². The van der Waals surface area contributed by atoms with E-state index in [0.29, 0.717) is 12.1 Å². The van der Waals surface area contributed by atoms with Gasteiger partial charge >= 0.3 is 5.97 Å². The van der Waals surface area contributed by atoms with Crippen molar-refractivity contribution in [1.29, 1.82) is 0 Å². The molecule has 0 saturated heterocycles. The van der Waals surface area contributed by atoms with Gasteiger partial charge in [0.05, 0.1) is 5.56 Å². The minimum atomic E-state index is -0.911. The number of carboxylic acids is 1. The molecule has 0 aromatic heterocycles. The zero-order valence-electron chi connectivity index (χ0n) is 13.1. The molecule has 2 N–H and O–H groups in total. The number of rotatable bonds is 8. The smallest absolute Gasteiger partial charge is 0.335 e. The maximum Gasteiger partial charge on any atom is 0.335 e. The fraction of sp³-hybridized carbons (Fsp3) is 0.278. The second-order valence-electron chi connectivity index (χ2n) is 5.55. The van der Waals surface area contributed by atoms with Crippen LogP contribution in [0.5, 0.6) is 0 Å². The molecule has 0 unspecified atom stereocenters. The Balaban J connectivity index is 1.71. The van der Waals surface area contributed by atoms with E-state index in [1.807, 2.05) is 13.1 Å². The molecular formula is C18H21FN2O2. The second kappa shape index (κ2) is 8.41. The first-order valence-corrected chi connectivity index (χ1v) is 7.50. The SMILES string of the molecule is CN(CCNCc1cccc(C(=O)O)c1)Cc1ccc(F)cc1. The molecule has 2 aromatic rings. The molecule has 122 valence electrons. The van der Waals surface area contributed by atoms with Crippen molar-refractivity contribution < 1.29 is 14.3 Å². The highest BCUT2D eigenvalue weighted by Crippen LogP contribution is 2.06. The monoisotopic (exact) mass is 316 g/mol. The van der Waals surface area contributed by atoms with Gasteiger partial charge in [0.25, 0.3) is 0 Å². The van der Waals surface area contributed by atoms with Gasteiger partial charge in [-0.1, -0.05) is 24.3 Å². The Morgan fingerprint density at radius 1 is 1.17 bits per heavy atom. The number of hydrogen-bond donors (Lipinski definition) is 2. The maximum atomic E-state index is 12.9. The van der Waals surface area contributed by atoms with Crippen LogP contribution >= 0.6 is 0 Å². The molecule has 0 heterocycles. The van der Waals surface area contributed by atoms with Crippen molar-refractivity contribution in [3.8, 4) is 0 Å². The van der Waals surface area contributed by atoms with Crippen molar-refractivity contribution in [2.24, 2.45) is 0 Å². The van der Waals surface area contributed by atoms with Crippen LogP contribution in [0, 0.1) is 5.82 Å². The van der Waals surface area contributed by atoms with Crippen LogP contribution in [0.25, 0.3) is 0 Å². The van der Waals surface area contributed by atoms with E-state index in [4.69, 9.17) is 5.11 Å². The Bertz CT molecular complexity index is 644. The minimum absolute atomic E-state index is 0.221. The molecule has 2 rings (SSSR count). The standard InChI is InChI=1S/C18H21FN2O2/c1-21(13-14-5-7-17(19)8-6-14)10-9-20-12-15-3-2-4-16(11-15)18(22)23/h2-8,11,20H,9-10,12-13H2,1H3,(H,22,23). The summed E-state index contributed by atoms with van der Waals surface area (Å²) in [6.45, 7) is 3.02. The number of nitrogens with zero attached hydrogens (tertiary/aromatic N) is 1. The van der Waals surface area contributed by atoms with Crippen molar-refractivity contribution in [2.45, 2.75) is 13.1 Å². The second-order valence-corrected chi connectivity index (χ2v) is 5.55. The van der Waals surface area contributed by atoms with Crippen molar-refractivity contribution >= 4 is 5.97 Å². The van der Waals surface area contributed by atoms with Crippen LogP contribution < -0.4 is 5.32 Å². The number of halogens is 1. The van der Waals surface area contributed by atoms with Crippen LogP contribution in [0.3, 0.4) is 0 Å². The summed E-state index contributed by atoms with van der Waals surface area (Å²) in [6, 6.07) is 13.4. The normalized spacial score (nSPS) is 10.9. The van der Waals surface area contributed by atoms with E-state index in [1.165, 1.54) is 12.1 Å². The quantitative estimate of drug-likeness (QED) is 0.735. The molecule has 0 fully saturated rings. The van der Waals surface area contributed by atoms with E-state index in [2.05, 4.69) is 10.2 Å². The van der Waals surface area contributed by atoms with Crippen molar-refractivity contribution in [2.75, 3.05) is 20.1 Å². The molecule has 0 atom stereocenters. The predicted molar refractivity (Wildman–Crippen MR) is 87.8 cm³/mol. The first-order valence-electron chi connectivity index (χ1n) is 7.50. The summed E-state index contributed by atoms with van der Waals surface area (Å²) in [5.41, 5.74) is 2.33. The minimum Gasteiger partial charge on any atom is -0.478 e. The molecule has 4 nitrogen and oxygen atoms in total. The predicted octanol–water partition coefficient (Wildman–Crippen LogP) is 2.75. The van der Waals surface area contributed by atoms with E-state index in [-0.39, 0.29) is 5.82 Å². The Kier molecular flexibility index (Phi) is 6.26. The zero-order valence-corrected chi connectivity index (χ0v) is 13.1. The molecule has 0 radical (unpaired) electrons. The number of nitrogens with one attached hydrogen (secondary N) is 1. The van der Waals surface area contributed by atoms with Gasteiger partial charge in [-0.2, -0.15) is 0 Å². The molecule has 0 aliphatic carbocycles. The number of benzene rings is 2. The van der Waals surface area contributed by atoms with E-state index in [1.54, 1.807) is 30.3 Å². The molecular weight excluding hydrogens is 295 g/mol. The lowest BCUT2D eigenvalue weighted by atomic mass is 10.1. The van der Waals surface area contributed by atoms with Crippen LogP contribution in [0.4, 0.5) is 4.39 Å². The number of aromatic carboxylic acids is 1. The van der Waals surface area contributed by atoms with Gasteiger partial charge in [-0.15, -0.1) is 0 Å². The van der Waals surface area contributed by atoms with Crippen molar-refractivity contribution in [1.82, 2.24) is 10.2 Å². The van der Waals surface area contributed by atoms with Crippen molar-refractivity contribution in [3.63, 3.8) is 0 Å². The van der Waals surface area contributed by atoms with E-state index in [9.17, 15) is 9.18 Å². The fourth-order valence-electron chi connectivity index (χ4n) is 2.30. The van der Waals surface area contributed by atoms with E-state index >= 15 is 0 Å². The van der Waals surface area contributed by atoms with E-state index in [0.717, 1.165) is 30.8 Å². The molecule has 5 heteroatoms. The maximum absolute atomic E-state index is 12.9. The first kappa shape index (κ1) is 17.1.